The number of fused-ring (bicyclic) bond motifs is 1. The first-order valence-electron chi connectivity index (χ1n) is 9.62. The van der Waals surface area contributed by atoms with Gasteiger partial charge >= 0.3 is 6.61 Å². The lowest BCUT2D eigenvalue weighted by molar-refractivity contribution is -0.131. The molecule has 0 aromatic heterocycles. The van der Waals surface area contributed by atoms with Crippen molar-refractivity contribution in [3.8, 4) is 11.5 Å². The van der Waals surface area contributed by atoms with Gasteiger partial charge in [-0.2, -0.15) is 8.78 Å². The van der Waals surface area contributed by atoms with Crippen molar-refractivity contribution in [1.82, 2.24) is 5.32 Å². The molecule has 0 unspecified atom stereocenters. The number of amides is 1. The Morgan fingerprint density at radius 3 is 2.78 bits per heavy atom. The Morgan fingerprint density at radius 2 is 2.07 bits per heavy atom. The summed E-state index contributed by atoms with van der Waals surface area (Å²) in [4.78, 5) is 11.7. The van der Waals surface area contributed by atoms with Gasteiger partial charge in [0.15, 0.2) is 11.5 Å². The summed E-state index contributed by atoms with van der Waals surface area (Å²) < 4.78 is 41.6. The first-order valence-corrected chi connectivity index (χ1v) is 9.62. The molecule has 1 N–H and O–H groups in total. The SMILES string of the molecule is CCOc1cc([C@H]2C[C@@H](NC(C)=O)[C@@H]3CCCC[C@H]3O2)ccc1OC(F)F. The molecule has 0 bridgehead atoms. The largest absolute Gasteiger partial charge is 0.490 e. The lowest BCUT2D eigenvalue weighted by Gasteiger charge is -2.45. The fourth-order valence-electron chi connectivity index (χ4n) is 4.26. The van der Waals surface area contributed by atoms with Crippen molar-refractivity contribution in [2.75, 3.05) is 6.61 Å². The van der Waals surface area contributed by atoms with Gasteiger partial charge < -0.3 is 19.5 Å². The molecule has 1 saturated carbocycles. The molecule has 0 radical (unpaired) electrons. The van der Waals surface area contributed by atoms with Crippen LogP contribution in [0, 0.1) is 5.92 Å². The summed E-state index contributed by atoms with van der Waals surface area (Å²) in [6, 6.07) is 4.99. The maximum atomic E-state index is 12.6. The molecule has 4 atom stereocenters. The topological polar surface area (TPSA) is 56.8 Å². The number of halogens is 2. The van der Waals surface area contributed by atoms with Crippen LogP contribution in [0.3, 0.4) is 0 Å². The Labute approximate surface area is 158 Å². The van der Waals surface area contributed by atoms with Crippen LogP contribution in [0.1, 0.15) is 57.6 Å². The van der Waals surface area contributed by atoms with Gasteiger partial charge in [-0.1, -0.05) is 18.9 Å². The molecule has 5 nitrogen and oxygen atoms in total. The number of hydrogen-bond acceptors (Lipinski definition) is 4. The summed E-state index contributed by atoms with van der Waals surface area (Å²) >= 11 is 0. The molecule has 1 aromatic carbocycles. The number of hydrogen-bond donors (Lipinski definition) is 1. The summed E-state index contributed by atoms with van der Waals surface area (Å²) in [5, 5.41) is 3.08. The average Bonchev–Trinajstić information content (AvgIpc) is 2.62. The molecule has 0 spiro atoms. The minimum atomic E-state index is -2.91. The number of rotatable bonds is 6. The lowest BCUT2D eigenvalue weighted by atomic mass is 9.76. The zero-order chi connectivity index (χ0) is 19.4. The lowest BCUT2D eigenvalue weighted by Crippen LogP contribution is -2.50. The van der Waals surface area contributed by atoms with E-state index in [1.54, 1.807) is 19.1 Å². The molecule has 1 saturated heterocycles. The third-order valence-electron chi connectivity index (χ3n) is 5.32. The Morgan fingerprint density at radius 1 is 1.30 bits per heavy atom. The normalized spacial score (nSPS) is 27.7. The van der Waals surface area contributed by atoms with E-state index >= 15 is 0 Å². The first-order chi connectivity index (χ1) is 13.0. The maximum Gasteiger partial charge on any atom is 0.387 e. The molecular weight excluding hydrogens is 356 g/mol. The van der Waals surface area contributed by atoms with E-state index in [9.17, 15) is 13.6 Å². The molecule has 27 heavy (non-hydrogen) atoms. The maximum absolute atomic E-state index is 12.6. The Balaban J connectivity index is 1.83. The van der Waals surface area contributed by atoms with E-state index in [0.717, 1.165) is 31.2 Å². The summed E-state index contributed by atoms with van der Waals surface area (Å²) in [5.41, 5.74) is 0.847. The minimum absolute atomic E-state index is 0.0142. The third-order valence-corrected chi connectivity index (χ3v) is 5.32. The smallest absolute Gasteiger partial charge is 0.387 e. The highest BCUT2D eigenvalue weighted by atomic mass is 19.3. The van der Waals surface area contributed by atoms with Crippen LogP contribution in [0.25, 0.3) is 0 Å². The van der Waals surface area contributed by atoms with E-state index < -0.39 is 6.61 Å². The quantitative estimate of drug-likeness (QED) is 0.799. The van der Waals surface area contributed by atoms with Gasteiger partial charge in [-0.05, 0) is 43.9 Å². The van der Waals surface area contributed by atoms with Crippen molar-refractivity contribution in [1.29, 1.82) is 0 Å². The predicted octanol–water partition coefficient (Wildman–Crippen LogP) is 4.21. The van der Waals surface area contributed by atoms with Crippen LogP contribution >= 0.6 is 0 Å². The molecule has 1 aliphatic heterocycles. The van der Waals surface area contributed by atoms with Crippen molar-refractivity contribution >= 4 is 5.91 Å². The Bertz CT molecular complexity index is 655. The van der Waals surface area contributed by atoms with Crippen LogP contribution in [-0.4, -0.2) is 31.3 Å². The average molecular weight is 383 g/mol. The number of alkyl halides is 2. The van der Waals surface area contributed by atoms with E-state index in [-0.39, 0.29) is 35.7 Å². The second-order valence-corrected chi connectivity index (χ2v) is 7.17. The second-order valence-electron chi connectivity index (χ2n) is 7.17. The van der Waals surface area contributed by atoms with Gasteiger partial charge in [-0.15, -0.1) is 0 Å². The van der Waals surface area contributed by atoms with Crippen molar-refractivity contribution in [2.24, 2.45) is 5.92 Å². The van der Waals surface area contributed by atoms with Crippen LogP contribution < -0.4 is 14.8 Å². The van der Waals surface area contributed by atoms with Gasteiger partial charge in [-0.25, -0.2) is 0 Å². The van der Waals surface area contributed by atoms with Gasteiger partial charge in [0, 0.05) is 18.9 Å². The molecule has 7 heteroatoms. The summed E-state index contributed by atoms with van der Waals surface area (Å²) in [7, 11) is 0. The zero-order valence-electron chi connectivity index (χ0n) is 15.8. The van der Waals surface area contributed by atoms with Crippen LogP contribution in [0.4, 0.5) is 8.78 Å². The minimum Gasteiger partial charge on any atom is -0.490 e. The highest BCUT2D eigenvalue weighted by molar-refractivity contribution is 5.73. The molecule has 150 valence electrons. The Hall–Kier alpha value is -1.89. The molecule has 2 fully saturated rings. The van der Waals surface area contributed by atoms with Gasteiger partial charge in [0.05, 0.1) is 18.8 Å². The zero-order valence-corrected chi connectivity index (χ0v) is 15.8. The van der Waals surface area contributed by atoms with E-state index in [4.69, 9.17) is 9.47 Å². The van der Waals surface area contributed by atoms with E-state index in [1.807, 2.05) is 0 Å². The molecule has 1 amide bonds. The highest BCUT2D eigenvalue weighted by Crippen LogP contribution is 2.43. The van der Waals surface area contributed by atoms with Crippen LogP contribution in [0.5, 0.6) is 11.5 Å². The first kappa shape index (κ1) is 19.9. The molecular formula is C20H27F2NO4. The van der Waals surface area contributed by atoms with Crippen LogP contribution in [0.2, 0.25) is 0 Å². The monoisotopic (exact) mass is 383 g/mol. The van der Waals surface area contributed by atoms with E-state index in [0.29, 0.717) is 18.9 Å². The standard InChI is InChI=1S/C20H27F2NO4/c1-3-25-19-10-13(8-9-17(19)27-20(21)22)18-11-15(23-12(2)24)14-6-4-5-7-16(14)26-18/h8-10,14-16,18,20H,3-7,11H2,1-2H3,(H,23,24)/t14-,15+,16+,18+/m0/s1. The van der Waals surface area contributed by atoms with Crippen molar-refractivity contribution in [2.45, 2.75) is 70.8 Å². The Kier molecular flexibility index (Phi) is 6.52. The van der Waals surface area contributed by atoms with Gasteiger partial charge in [0.25, 0.3) is 0 Å². The van der Waals surface area contributed by atoms with Crippen molar-refractivity contribution in [3.05, 3.63) is 23.8 Å². The number of nitrogens with one attached hydrogen (secondary N) is 1. The molecule has 2 aliphatic rings. The molecule has 1 heterocycles. The number of benzene rings is 1. The van der Waals surface area contributed by atoms with Gasteiger partial charge in [-0.3, -0.25) is 4.79 Å². The van der Waals surface area contributed by atoms with Crippen molar-refractivity contribution < 1.29 is 27.8 Å². The molecule has 1 aromatic rings. The van der Waals surface area contributed by atoms with Crippen LogP contribution in [0.15, 0.2) is 18.2 Å². The van der Waals surface area contributed by atoms with Crippen LogP contribution in [-0.2, 0) is 9.53 Å². The van der Waals surface area contributed by atoms with Gasteiger partial charge in [0.1, 0.15) is 0 Å². The fraction of sp³-hybridized carbons (Fsp3) is 0.650. The molecule has 1 aliphatic carbocycles. The highest BCUT2D eigenvalue weighted by Gasteiger charge is 2.40. The predicted molar refractivity (Wildman–Crippen MR) is 96.0 cm³/mol. The number of carbonyl (C=O) groups excluding carboxylic acids is 1. The second kappa shape index (κ2) is 8.87. The number of carbonyl (C=O) groups is 1. The summed E-state index contributed by atoms with van der Waals surface area (Å²) in [6.45, 7) is 0.753. The molecule has 3 rings (SSSR count). The van der Waals surface area contributed by atoms with Gasteiger partial charge in [0.2, 0.25) is 5.91 Å². The summed E-state index contributed by atoms with van der Waals surface area (Å²) in [6.07, 6.45) is 4.82. The van der Waals surface area contributed by atoms with E-state index in [1.165, 1.54) is 13.0 Å². The fourth-order valence-corrected chi connectivity index (χ4v) is 4.26. The summed E-state index contributed by atoms with van der Waals surface area (Å²) in [5.74, 6) is 0.577. The van der Waals surface area contributed by atoms with Crippen molar-refractivity contribution in [3.63, 3.8) is 0 Å². The third kappa shape index (κ3) is 4.89. The van der Waals surface area contributed by atoms with E-state index in [2.05, 4.69) is 10.1 Å². The number of ether oxygens (including phenoxy) is 3.